The third-order valence-corrected chi connectivity index (χ3v) is 3.55. The van der Waals surface area contributed by atoms with Crippen LogP contribution in [0.1, 0.15) is 20.3 Å². The van der Waals surface area contributed by atoms with E-state index in [4.69, 9.17) is 16.3 Å². The molecular formula is C13H19BrClNO. The minimum Gasteiger partial charge on any atom is -0.383 e. The molecule has 0 spiro atoms. The predicted molar refractivity (Wildman–Crippen MR) is 77.9 cm³/mol. The van der Waals surface area contributed by atoms with Crippen molar-refractivity contribution in [2.45, 2.75) is 20.3 Å². The van der Waals surface area contributed by atoms with Gasteiger partial charge in [0.05, 0.1) is 11.6 Å². The van der Waals surface area contributed by atoms with Crippen molar-refractivity contribution < 1.29 is 4.74 Å². The highest BCUT2D eigenvalue weighted by molar-refractivity contribution is 9.10. The third kappa shape index (κ3) is 6.29. The van der Waals surface area contributed by atoms with Gasteiger partial charge in [0.2, 0.25) is 0 Å². The smallest absolute Gasteiger partial charge is 0.0639 e. The summed E-state index contributed by atoms with van der Waals surface area (Å²) in [4.78, 5) is 0. The molecule has 0 atom stereocenters. The van der Waals surface area contributed by atoms with Crippen LogP contribution in [0.2, 0.25) is 5.02 Å². The summed E-state index contributed by atoms with van der Waals surface area (Å²) >= 11 is 9.31. The Hall–Kier alpha value is -0.250. The Morgan fingerprint density at radius 1 is 1.35 bits per heavy atom. The molecule has 17 heavy (non-hydrogen) atoms. The Morgan fingerprint density at radius 3 is 2.76 bits per heavy atom. The number of rotatable bonds is 7. The lowest BCUT2D eigenvalue weighted by molar-refractivity contribution is 0.132. The Labute approximate surface area is 117 Å². The molecule has 4 heteroatoms. The first-order valence-corrected chi connectivity index (χ1v) is 7.03. The highest BCUT2D eigenvalue weighted by Gasteiger charge is 1.98. The van der Waals surface area contributed by atoms with Crippen LogP contribution >= 0.6 is 27.5 Å². The van der Waals surface area contributed by atoms with Crippen molar-refractivity contribution in [1.82, 2.24) is 0 Å². The van der Waals surface area contributed by atoms with E-state index in [1.54, 1.807) is 0 Å². The minimum absolute atomic E-state index is 0.704. The number of halogens is 2. The fourth-order valence-electron chi connectivity index (χ4n) is 1.29. The molecule has 0 heterocycles. The van der Waals surface area contributed by atoms with E-state index in [-0.39, 0.29) is 0 Å². The Morgan fingerprint density at radius 2 is 2.12 bits per heavy atom. The maximum atomic E-state index is 5.91. The highest BCUT2D eigenvalue weighted by Crippen LogP contribution is 2.25. The minimum atomic E-state index is 0.704. The first-order chi connectivity index (χ1) is 8.09. The number of ether oxygens (including phenoxy) is 1. The number of benzene rings is 1. The summed E-state index contributed by atoms with van der Waals surface area (Å²) in [6, 6.07) is 5.80. The van der Waals surface area contributed by atoms with Crippen LogP contribution in [0.5, 0.6) is 0 Å². The van der Waals surface area contributed by atoms with Crippen molar-refractivity contribution in [3.05, 3.63) is 27.7 Å². The van der Waals surface area contributed by atoms with Gasteiger partial charge in [0.1, 0.15) is 0 Å². The highest BCUT2D eigenvalue weighted by atomic mass is 79.9. The molecule has 0 fully saturated rings. The van der Waals surface area contributed by atoms with Crippen LogP contribution in [0, 0.1) is 5.92 Å². The van der Waals surface area contributed by atoms with Gasteiger partial charge in [0.15, 0.2) is 0 Å². The maximum Gasteiger partial charge on any atom is 0.0639 e. The second kappa shape index (κ2) is 7.96. The zero-order valence-electron chi connectivity index (χ0n) is 10.3. The van der Waals surface area contributed by atoms with E-state index < -0.39 is 0 Å². The van der Waals surface area contributed by atoms with Crippen molar-refractivity contribution in [3.8, 4) is 0 Å². The molecule has 0 aliphatic rings. The van der Waals surface area contributed by atoms with Crippen molar-refractivity contribution in [3.63, 3.8) is 0 Å². The average molecular weight is 321 g/mol. The lowest BCUT2D eigenvalue weighted by Crippen LogP contribution is -2.10. The molecule has 1 N–H and O–H groups in total. The van der Waals surface area contributed by atoms with Crippen LogP contribution < -0.4 is 5.32 Å². The number of hydrogen-bond acceptors (Lipinski definition) is 2. The van der Waals surface area contributed by atoms with Crippen LogP contribution in [0.3, 0.4) is 0 Å². The van der Waals surface area contributed by atoms with Crippen molar-refractivity contribution in [2.24, 2.45) is 5.92 Å². The second-order valence-corrected chi connectivity index (χ2v) is 5.61. The summed E-state index contributed by atoms with van der Waals surface area (Å²) in [6.07, 6.45) is 1.12. The SMILES string of the molecule is CC(C)CCOCCNc1ccc(Cl)c(Br)c1. The molecule has 0 saturated carbocycles. The van der Waals surface area contributed by atoms with Gasteiger partial charge < -0.3 is 10.1 Å². The van der Waals surface area contributed by atoms with Gasteiger partial charge in [-0.15, -0.1) is 0 Å². The van der Waals surface area contributed by atoms with Gasteiger partial charge >= 0.3 is 0 Å². The summed E-state index contributed by atoms with van der Waals surface area (Å²) in [6.45, 7) is 6.78. The monoisotopic (exact) mass is 319 g/mol. The summed E-state index contributed by atoms with van der Waals surface area (Å²) in [7, 11) is 0. The molecule has 0 aliphatic heterocycles. The topological polar surface area (TPSA) is 21.3 Å². The fraction of sp³-hybridized carbons (Fsp3) is 0.538. The van der Waals surface area contributed by atoms with Gasteiger partial charge in [-0.3, -0.25) is 0 Å². The van der Waals surface area contributed by atoms with E-state index in [0.29, 0.717) is 5.92 Å². The molecule has 0 aliphatic carbocycles. The maximum absolute atomic E-state index is 5.91. The number of hydrogen-bond donors (Lipinski definition) is 1. The summed E-state index contributed by atoms with van der Waals surface area (Å²) in [5.74, 6) is 0.704. The van der Waals surface area contributed by atoms with Crippen LogP contribution in [0.4, 0.5) is 5.69 Å². The van der Waals surface area contributed by atoms with Crippen molar-refractivity contribution in [2.75, 3.05) is 25.1 Å². The fourth-order valence-corrected chi connectivity index (χ4v) is 1.79. The molecule has 96 valence electrons. The largest absolute Gasteiger partial charge is 0.383 e. The van der Waals surface area contributed by atoms with Crippen LogP contribution in [-0.4, -0.2) is 19.8 Å². The van der Waals surface area contributed by atoms with Gasteiger partial charge in [0.25, 0.3) is 0 Å². The molecule has 0 bridgehead atoms. The van der Waals surface area contributed by atoms with Gasteiger partial charge in [0, 0.05) is 23.3 Å². The summed E-state index contributed by atoms with van der Waals surface area (Å²) in [5, 5.41) is 4.01. The van der Waals surface area contributed by atoms with E-state index in [9.17, 15) is 0 Å². The Bertz CT molecular complexity index is 344. The third-order valence-electron chi connectivity index (χ3n) is 2.33. The van der Waals surface area contributed by atoms with Gasteiger partial charge in [-0.1, -0.05) is 25.4 Å². The van der Waals surface area contributed by atoms with Crippen molar-refractivity contribution >= 4 is 33.2 Å². The lowest BCUT2D eigenvalue weighted by atomic mass is 10.1. The van der Waals surface area contributed by atoms with E-state index in [2.05, 4.69) is 35.1 Å². The molecule has 0 radical (unpaired) electrons. The van der Waals surface area contributed by atoms with E-state index >= 15 is 0 Å². The molecule has 1 aromatic carbocycles. The Kier molecular flexibility index (Phi) is 6.93. The number of anilines is 1. The van der Waals surface area contributed by atoms with Gasteiger partial charge in [-0.2, -0.15) is 0 Å². The van der Waals surface area contributed by atoms with Crippen molar-refractivity contribution in [1.29, 1.82) is 0 Å². The summed E-state index contributed by atoms with van der Waals surface area (Å²) in [5.41, 5.74) is 1.05. The first kappa shape index (κ1) is 14.8. The van der Waals surface area contributed by atoms with Crippen LogP contribution in [0.15, 0.2) is 22.7 Å². The van der Waals surface area contributed by atoms with Gasteiger partial charge in [-0.05, 0) is 46.5 Å². The molecule has 2 nitrogen and oxygen atoms in total. The molecule has 0 amide bonds. The van der Waals surface area contributed by atoms with Gasteiger partial charge in [-0.25, -0.2) is 0 Å². The molecule has 0 aromatic heterocycles. The van der Waals surface area contributed by atoms with E-state index in [1.807, 2.05) is 18.2 Å². The normalized spacial score (nSPS) is 10.9. The lowest BCUT2D eigenvalue weighted by Gasteiger charge is -2.09. The first-order valence-electron chi connectivity index (χ1n) is 5.86. The predicted octanol–water partition coefficient (Wildman–Crippen LogP) is 4.58. The molecular weight excluding hydrogens is 302 g/mol. The molecule has 0 saturated heterocycles. The zero-order valence-corrected chi connectivity index (χ0v) is 12.6. The summed E-state index contributed by atoms with van der Waals surface area (Å²) < 4.78 is 6.43. The molecule has 1 aromatic rings. The van der Waals surface area contributed by atoms with E-state index in [0.717, 1.165) is 41.4 Å². The molecule has 1 rings (SSSR count). The number of nitrogens with one attached hydrogen (secondary N) is 1. The van der Waals surface area contributed by atoms with E-state index in [1.165, 1.54) is 0 Å². The van der Waals surface area contributed by atoms with Crippen LogP contribution in [0.25, 0.3) is 0 Å². The second-order valence-electron chi connectivity index (χ2n) is 4.35. The Balaban J connectivity index is 2.16. The zero-order chi connectivity index (χ0) is 12.7. The molecule has 0 unspecified atom stereocenters. The quantitative estimate of drug-likeness (QED) is 0.743. The average Bonchev–Trinajstić information content (AvgIpc) is 2.27. The standard InChI is InChI=1S/C13H19BrClNO/c1-10(2)5-7-17-8-6-16-11-3-4-13(15)12(14)9-11/h3-4,9-10,16H,5-8H2,1-2H3. The van der Waals surface area contributed by atoms with Crippen LogP contribution in [-0.2, 0) is 4.74 Å².